The third-order valence-corrected chi connectivity index (χ3v) is 6.14. The summed E-state index contributed by atoms with van der Waals surface area (Å²) in [6, 6.07) is 6.94. The van der Waals surface area contributed by atoms with Gasteiger partial charge in [0, 0.05) is 18.7 Å². The van der Waals surface area contributed by atoms with Gasteiger partial charge in [0.15, 0.2) is 5.83 Å². The van der Waals surface area contributed by atoms with Gasteiger partial charge in [-0.1, -0.05) is 0 Å². The van der Waals surface area contributed by atoms with Crippen LogP contribution in [0.4, 0.5) is 4.39 Å². The lowest BCUT2D eigenvalue weighted by molar-refractivity contribution is -0.134. The highest BCUT2D eigenvalue weighted by Gasteiger charge is 2.45. The maximum Gasteiger partial charge on any atom is 0.283 e. The molecule has 2 saturated heterocycles. The van der Waals surface area contributed by atoms with Crippen LogP contribution in [0.2, 0.25) is 0 Å². The van der Waals surface area contributed by atoms with Crippen molar-refractivity contribution in [3.05, 3.63) is 41.2 Å². The van der Waals surface area contributed by atoms with E-state index in [4.69, 9.17) is 4.74 Å². The van der Waals surface area contributed by atoms with Crippen molar-refractivity contribution < 1.29 is 18.7 Å². The Bertz CT molecular complexity index is 787. The Hall–Kier alpha value is -2.37. The van der Waals surface area contributed by atoms with Gasteiger partial charge >= 0.3 is 0 Å². The summed E-state index contributed by atoms with van der Waals surface area (Å²) < 4.78 is 20.1. The summed E-state index contributed by atoms with van der Waals surface area (Å²) >= 11 is 0. The van der Waals surface area contributed by atoms with Crippen molar-refractivity contribution >= 4 is 11.8 Å². The first-order chi connectivity index (χ1) is 13.5. The largest absolute Gasteiger partial charge is 0.494 e. The quantitative estimate of drug-likeness (QED) is 0.727. The zero-order chi connectivity index (χ0) is 19.8. The molecule has 5 nitrogen and oxygen atoms in total. The molecule has 0 radical (unpaired) electrons. The number of benzene rings is 1. The molecule has 0 spiro atoms. The van der Waals surface area contributed by atoms with Crippen LogP contribution in [0, 0.1) is 5.92 Å². The number of carbonyl (C=O) groups excluding carboxylic acids is 2. The Labute approximate surface area is 165 Å². The third kappa shape index (κ3) is 3.52. The minimum absolute atomic E-state index is 0.0442. The van der Waals surface area contributed by atoms with E-state index in [0.717, 1.165) is 31.4 Å². The first-order valence-electron chi connectivity index (χ1n) is 10.2. The van der Waals surface area contributed by atoms with Crippen LogP contribution in [0.15, 0.2) is 35.7 Å². The Morgan fingerprint density at radius 1 is 1.07 bits per heavy atom. The molecule has 150 valence electrons. The number of likely N-dealkylation sites (tertiary alicyclic amines) is 1. The Morgan fingerprint density at radius 3 is 2.21 bits per heavy atom. The number of hydrogen-bond donors (Lipinski definition) is 0. The van der Waals surface area contributed by atoms with Crippen molar-refractivity contribution in [3.8, 4) is 5.75 Å². The summed E-state index contributed by atoms with van der Waals surface area (Å²) in [4.78, 5) is 29.2. The number of allylic oxidation sites excluding steroid dienone is 1. The van der Waals surface area contributed by atoms with Crippen LogP contribution in [0.1, 0.15) is 49.9 Å². The van der Waals surface area contributed by atoms with E-state index in [1.165, 1.54) is 0 Å². The van der Waals surface area contributed by atoms with Crippen LogP contribution in [-0.4, -0.2) is 53.4 Å². The van der Waals surface area contributed by atoms with Gasteiger partial charge in [-0.15, -0.1) is 0 Å². The van der Waals surface area contributed by atoms with Gasteiger partial charge in [0.2, 0.25) is 0 Å². The summed E-state index contributed by atoms with van der Waals surface area (Å²) in [5.74, 6) is -0.125. The van der Waals surface area contributed by atoms with Crippen LogP contribution >= 0.6 is 0 Å². The van der Waals surface area contributed by atoms with Crippen molar-refractivity contribution in [1.29, 1.82) is 0 Å². The van der Waals surface area contributed by atoms with Gasteiger partial charge in [-0.25, -0.2) is 4.39 Å². The summed E-state index contributed by atoms with van der Waals surface area (Å²) in [6.07, 6.45) is 3.59. The Balaban J connectivity index is 1.45. The number of rotatable bonds is 5. The van der Waals surface area contributed by atoms with E-state index < -0.39 is 11.7 Å². The average Bonchev–Trinajstić information content (AvgIpc) is 3.52. The number of carbonyl (C=O) groups is 2. The molecule has 3 fully saturated rings. The highest BCUT2D eigenvalue weighted by Crippen LogP contribution is 2.39. The van der Waals surface area contributed by atoms with E-state index in [1.807, 2.05) is 6.92 Å². The number of hydrogen-bond acceptors (Lipinski definition) is 3. The fraction of sp³-hybridized carbons (Fsp3) is 0.545. The number of ether oxygens (including phenoxy) is 1. The lowest BCUT2D eigenvalue weighted by Crippen LogP contribution is -2.57. The second-order valence-corrected chi connectivity index (χ2v) is 8.04. The topological polar surface area (TPSA) is 49.9 Å². The van der Waals surface area contributed by atoms with Crippen molar-refractivity contribution in [2.75, 3.05) is 19.7 Å². The summed E-state index contributed by atoms with van der Waals surface area (Å²) in [7, 11) is 0. The zero-order valence-electron chi connectivity index (χ0n) is 16.5. The minimum Gasteiger partial charge on any atom is -0.494 e. The molecule has 0 unspecified atom stereocenters. The molecule has 2 bridgehead atoms. The molecule has 2 atom stereocenters. The lowest BCUT2D eigenvalue weighted by Gasteiger charge is -2.41. The Kier molecular flexibility index (Phi) is 5.13. The number of fused-ring (bicyclic) bond motifs is 2. The van der Waals surface area contributed by atoms with Gasteiger partial charge in [0.25, 0.3) is 11.8 Å². The molecule has 1 aliphatic carbocycles. The van der Waals surface area contributed by atoms with E-state index >= 15 is 0 Å². The van der Waals surface area contributed by atoms with Gasteiger partial charge in [-0.3, -0.25) is 9.59 Å². The van der Waals surface area contributed by atoms with Gasteiger partial charge in [0.1, 0.15) is 5.75 Å². The molecule has 6 heteroatoms. The maximum absolute atomic E-state index is 14.7. The molecular formula is C22H27FN2O3. The molecule has 2 amide bonds. The molecule has 2 heterocycles. The van der Waals surface area contributed by atoms with E-state index in [9.17, 15) is 14.0 Å². The molecule has 1 aromatic carbocycles. The second-order valence-electron chi connectivity index (χ2n) is 8.04. The number of piperazine rings is 1. The lowest BCUT2D eigenvalue weighted by atomic mass is 10.1. The third-order valence-electron chi connectivity index (χ3n) is 6.14. The average molecular weight is 386 g/mol. The first kappa shape index (κ1) is 19.0. The Morgan fingerprint density at radius 2 is 1.68 bits per heavy atom. The van der Waals surface area contributed by atoms with Gasteiger partial charge in [0.05, 0.1) is 18.7 Å². The van der Waals surface area contributed by atoms with Gasteiger partial charge in [-0.05, 0) is 75.3 Å². The molecule has 1 saturated carbocycles. The number of halogens is 1. The predicted molar refractivity (Wildman–Crippen MR) is 104 cm³/mol. The van der Waals surface area contributed by atoms with Crippen molar-refractivity contribution in [2.45, 2.75) is 51.6 Å². The van der Waals surface area contributed by atoms with Crippen LogP contribution < -0.4 is 4.74 Å². The highest BCUT2D eigenvalue weighted by molar-refractivity contribution is 5.95. The van der Waals surface area contributed by atoms with E-state index in [0.29, 0.717) is 30.8 Å². The SMILES string of the molecule is CCOc1ccc(C(=O)N2C[C@H]3CC[C@@H](C2)N3C(=O)/C(F)=C(\C)C2CC2)cc1. The van der Waals surface area contributed by atoms with Crippen LogP contribution in [0.5, 0.6) is 5.75 Å². The predicted octanol–water partition coefficient (Wildman–Crippen LogP) is 3.55. The molecule has 0 aromatic heterocycles. The molecular weight excluding hydrogens is 359 g/mol. The summed E-state index contributed by atoms with van der Waals surface area (Å²) in [5, 5.41) is 0. The maximum atomic E-state index is 14.7. The van der Waals surface area contributed by atoms with Crippen molar-refractivity contribution in [1.82, 2.24) is 9.80 Å². The fourth-order valence-corrected chi connectivity index (χ4v) is 4.42. The summed E-state index contributed by atoms with van der Waals surface area (Å²) in [5.41, 5.74) is 1.20. The number of nitrogens with zero attached hydrogens (tertiary/aromatic N) is 2. The zero-order valence-corrected chi connectivity index (χ0v) is 16.5. The molecule has 28 heavy (non-hydrogen) atoms. The van der Waals surface area contributed by atoms with Crippen molar-refractivity contribution in [3.63, 3.8) is 0 Å². The number of amides is 2. The molecule has 4 rings (SSSR count). The van der Waals surface area contributed by atoms with Gasteiger partial charge < -0.3 is 14.5 Å². The molecule has 1 aromatic rings. The highest BCUT2D eigenvalue weighted by atomic mass is 19.1. The normalized spacial score (nSPS) is 24.8. The van der Waals surface area contributed by atoms with E-state index in [-0.39, 0.29) is 23.9 Å². The smallest absolute Gasteiger partial charge is 0.283 e. The molecule has 2 aliphatic heterocycles. The van der Waals surface area contributed by atoms with Crippen LogP contribution in [0.3, 0.4) is 0 Å². The minimum atomic E-state index is -0.578. The molecule has 0 N–H and O–H groups in total. The van der Waals surface area contributed by atoms with E-state index in [1.54, 1.807) is 41.0 Å². The molecule has 3 aliphatic rings. The van der Waals surface area contributed by atoms with E-state index in [2.05, 4.69) is 0 Å². The standard InChI is InChI=1S/C22H27FN2O3/c1-3-28-19-10-6-16(7-11-19)21(26)24-12-17-8-9-18(13-24)25(17)22(27)20(23)14(2)15-4-5-15/h6-7,10-11,15,17-18H,3-5,8-9,12-13H2,1-2H3/b20-14-/t17-,18+. The van der Waals surface area contributed by atoms with Crippen molar-refractivity contribution in [2.24, 2.45) is 5.92 Å². The van der Waals surface area contributed by atoms with Crippen LogP contribution in [0.25, 0.3) is 0 Å². The monoisotopic (exact) mass is 386 g/mol. The van der Waals surface area contributed by atoms with Crippen LogP contribution in [-0.2, 0) is 4.79 Å². The fourth-order valence-electron chi connectivity index (χ4n) is 4.42. The summed E-state index contributed by atoms with van der Waals surface area (Å²) in [6.45, 7) is 5.16. The second kappa shape index (κ2) is 7.57. The van der Waals surface area contributed by atoms with Gasteiger partial charge in [-0.2, -0.15) is 0 Å². The first-order valence-corrected chi connectivity index (χ1v) is 10.2.